The fourth-order valence-corrected chi connectivity index (χ4v) is 2.02. The molecule has 2 nitrogen and oxygen atoms in total. The zero-order chi connectivity index (χ0) is 14.5. The Labute approximate surface area is 117 Å². The van der Waals surface area contributed by atoms with E-state index < -0.39 is 0 Å². The third-order valence-corrected chi connectivity index (χ3v) is 2.90. The molecule has 0 atom stereocenters. The molecule has 2 aromatic rings. The summed E-state index contributed by atoms with van der Waals surface area (Å²) in [7, 11) is 1.58. The summed E-state index contributed by atoms with van der Waals surface area (Å²) in [5.74, 6) is 0.288. The van der Waals surface area contributed by atoms with Crippen LogP contribution in [0.1, 0.15) is 18.1 Å². The summed E-state index contributed by atoms with van der Waals surface area (Å²) in [5.41, 5.74) is 2.29. The molecule has 2 rings (SSSR count). The molecule has 20 heavy (non-hydrogen) atoms. The normalized spacial score (nSPS) is 11.2. The summed E-state index contributed by atoms with van der Waals surface area (Å²) < 4.78 is 18.4. The predicted molar refractivity (Wildman–Crippen MR) is 77.2 cm³/mol. The van der Waals surface area contributed by atoms with Gasteiger partial charge in [-0.05, 0) is 42.3 Å². The molecule has 0 radical (unpaired) electrons. The van der Waals surface area contributed by atoms with E-state index in [4.69, 9.17) is 4.74 Å². The Morgan fingerprint density at radius 3 is 2.35 bits per heavy atom. The fourth-order valence-electron chi connectivity index (χ4n) is 2.02. The van der Waals surface area contributed by atoms with Crippen LogP contribution in [-0.2, 0) is 4.79 Å². The lowest BCUT2D eigenvalue weighted by molar-refractivity contribution is -0.112. The van der Waals surface area contributed by atoms with Crippen molar-refractivity contribution in [2.75, 3.05) is 7.11 Å². The van der Waals surface area contributed by atoms with Crippen molar-refractivity contribution in [3.8, 4) is 5.75 Å². The van der Waals surface area contributed by atoms with E-state index in [1.54, 1.807) is 19.2 Å². The molecule has 0 aromatic heterocycles. The van der Waals surface area contributed by atoms with Crippen LogP contribution in [0.15, 0.2) is 54.6 Å². The summed E-state index contributed by atoms with van der Waals surface area (Å²) in [4.78, 5) is 11.5. The minimum atomic E-state index is -0.309. The first-order valence-electron chi connectivity index (χ1n) is 6.23. The Morgan fingerprint density at radius 2 is 1.75 bits per heavy atom. The Bertz CT molecular complexity index is 642. The summed E-state index contributed by atoms with van der Waals surface area (Å²) in [6.45, 7) is 1.49. The van der Waals surface area contributed by atoms with Gasteiger partial charge in [-0.2, -0.15) is 0 Å². The van der Waals surface area contributed by atoms with Crippen LogP contribution < -0.4 is 4.74 Å². The molecule has 0 saturated carbocycles. The van der Waals surface area contributed by atoms with Gasteiger partial charge in [-0.25, -0.2) is 4.39 Å². The topological polar surface area (TPSA) is 26.3 Å². The maximum Gasteiger partial charge on any atom is 0.153 e. The number of carbonyl (C=O) groups excluding carboxylic acids is 1. The van der Waals surface area contributed by atoms with Crippen molar-refractivity contribution in [3.05, 3.63) is 71.6 Å². The molecule has 0 N–H and O–H groups in total. The summed E-state index contributed by atoms with van der Waals surface area (Å²) in [5, 5.41) is 0. The number of hydrogen-bond acceptors (Lipinski definition) is 2. The van der Waals surface area contributed by atoms with Crippen molar-refractivity contribution >= 4 is 11.4 Å². The SMILES string of the molecule is COc1ccccc1/C(=C/C(C)=O)c1ccc(F)cc1. The molecule has 3 heteroatoms. The summed E-state index contributed by atoms with van der Waals surface area (Å²) in [6, 6.07) is 13.5. The number of ether oxygens (including phenoxy) is 1. The summed E-state index contributed by atoms with van der Waals surface area (Å²) >= 11 is 0. The molecule has 0 spiro atoms. The van der Waals surface area contributed by atoms with Crippen LogP contribution in [0, 0.1) is 5.82 Å². The Balaban J connectivity index is 2.59. The maximum absolute atomic E-state index is 13.0. The second-order valence-corrected chi connectivity index (χ2v) is 4.38. The van der Waals surface area contributed by atoms with E-state index in [1.807, 2.05) is 24.3 Å². The van der Waals surface area contributed by atoms with Crippen LogP contribution in [0.4, 0.5) is 4.39 Å². The van der Waals surface area contributed by atoms with Crippen molar-refractivity contribution < 1.29 is 13.9 Å². The number of benzene rings is 2. The highest BCUT2D eigenvalue weighted by Gasteiger charge is 2.11. The molecule has 0 unspecified atom stereocenters. The standard InChI is InChI=1S/C17H15FO2/c1-12(19)11-16(13-7-9-14(18)10-8-13)15-5-3-4-6-17(15)20-2/h3-11H,1-2H3/b16-11+. The Morgan fingerprint density at radius 1 is 1.10 bits per heavy atom. The van der Waals surface area contributed by atoms with Crippen molar-refractivity contribution in [3.63, 3.8) is 0 Å². The van der Waals surface area contributed by atoms with Crippen LogP contribution in [0.5, 0.6) is 5.75 Å². The molecule has 2 aromatic carbocycles. The zero-order valence-corrected chi connectivity index (χ0v) is 11.4. The van der Waals surface area contributed by atoms with E-state index in [0.29, 0.717) is 5.75 Å². The number of halogens is 1. The quantitative estimate of drug-likeness (QED) is 0.789. The third kappa shape index (κ3) is 3.12. The second kappa shape index (κ2) is 6.15. The molecule has 0 aliphatic heterocycles. The van der Waals surface area contributed by atoms with Crippen LogP contribution in [0.3, 0.4) is 0 Å². The smallest absolute Gasteiger partial charge is 0.153 e. The van der Waals surface area contributed by atoms with Crippen LogP contribution in [0.25, 0.3) is 5.57 Å². The molecule has 0 heterocycles. The average molecular weight is 270 g/mol. The first-order valence-corrected chi connectivity index (χ1v) is 6.23. The van der Waals surface area contributed by atoms with Gasteiger partial charge in [0.2, 0.25) is 0 Å². The van der Waals surface area contributed by atoms with Gasteiger partial charge >= 0.3 is 0 Å². The lowest BCUT2D eigenvalue weighted by Crippen LogP contribution is -1.96. The molecular weight excluding hydrogens is 255 g/mol. The zero-order valence-electron chi connectivity index (χ0n) is 11.4. The van der Waals surface area contributed by atoms with Gasteiger partial charge in [0.15, 0.2) is 5.78 Å². The molecule has 102 valence electrons. The Hall–Kier alpha value is -2.42. The lowest BCUT2D eigenvalue weighted by atomic mass is 9.96. The van der Waals surface area contributed by atoms with E-state index >= 15 is 0 Å². The highest BCUT2D eigenvalue weighted by molar-refractivity contribution is 5.99. The number of ketones is 1. The third-order valence-electron chi connectivity index (χ3n) is 2.90. The van der Waals surface area contributed by atoms with Gasteiger partial charge in [-0.1, -0.05) is 30.3 Å². The van der Waals surface area contributed by atoms with E-state index in [0.717, 1.165) is 16.7 Å². The molecule has 0 amide bonds. The van der Waals surface area contributed by atoms with Gasteiger partial charge in [-0.15, -0.1) is 0 Å². The number of methoxy groups -OCH3 is 1. The molecule has 0 aliphatic carbocycles. The fraction of sp³-hybridized carbons (Fsp3) is 0.118. The Kier molecular flexibility index (Phi) is 4.31. The van der Waals surface area contributed by atoms with Gasteiger partial charge in [-0.3, -0.25) is 4.79 Å². The van der Waals surface area contributed by atoms with Crippen molar-refractivity contribution in [2.24, 2.45) is 0 Å². The van der Waals surface area contributed by atoms with Gasteiger partial charge in [0.1, 0.15) is 11.6 Å². The first kappa shape index (κ1) is 14.0. The second-order valence-electron chi connectivity index (χ2n) is 4.38. The van der Waals surface area contributed by atoms with E-state index in [9.17, 15) is 9.18 Å². The van der Waals surface area contributed by atoms with E-state index in [1.165, 1.54) is 25.1 Å². The van der Waals surface area contributed by atoms with Crippen LogP contribution >= 0.6 is 0 Å². The van der Waals surface area contributed by atoms with Crippen LogP contribution in [0.2, 0.25) is 0 Å². The average Bonchev–Trinajstić information content (AvgIpc) is 2.45. The number of carbonyl (C=O) groups is 1. The molecule has 0 aliphatic rings. The number of rotatable bonds is 4. The highest BCUT2D eigenvalue weighted by Crippen LogP contribution is 2.31. The largest absolute Gasteiger partial charge is 0.496 e. The van der Waals surface area contributed by atoms with Gasteiger partial charge in [0.25, 0.3) is 0 Å². The van der Waals surface area contributed by atoms with E-state index in [2.05, 4.69) is 0 Å². The minimum absolute atomic E-state index is 0.0739. The van der Waals surface area contributed by atoms with Crippen molar-refractivity contribution in [2.45, 2.75) is 6.92 Å². The molecule has 0 saturated heterocycles. The number of hydrogen-bond donors (Lipinski definition) is 0. The minimum Gasteiger partial charge on any atom is -0.496 e. The lowest BCUT2D eigenvalue weighted by Gasteiger charge is -2.12. The maximum atomic E-state index is 13.0. The molecule has 0 fully saturated rings. The predicted octanol–water partition coefficient (Wildman–Crippen LogP) is 3.86. The molecular formula is C17H15FO2. The van der Waals surface area contributed by atoms with E-state index in [-0.39, 0.29) is 11.6 Å². The van der Waals surface area contributed by atoms with Gasteiger partial charge in [0, 0.05) is 5.56 Å². The van der Waals surface area contributed by atoms with Crippen molar-refractivity contribution in [1.29, 1.82) is 0 Å². The molecule has 0 bridgehead atoms. The van der Waals surface area contributed by atoms with Crippen LogP contribution in [-0.4, -0.2) is 12.9 Å². The number of para-hydroxylation sites is 1. The van der Waals surface area contributed by atoms with Gasteiger partial charge in [0.05, 0.1) is 7.11 Å². The van der Waals surface area contributed by atoms with Crippen molar-refractivity contribution in [1.82, 2.24) is 0 Å². The van der Waals surface area contributed by atoms with Gasteiger partial charge < -0.3 is 4.74 Å². The number of allylic oxidation sites excluding steroid dienone is 1. The first-order chi connectivity index (χ1) is 9.61. The summed E-state index contributed by atoms with van der Waals surface area (Å²) in [6.07, 6.45) is 1.53. The monoisotopic (exact) mass is 270 g/mol. The highest BCUT2D eigenvalue weighted by atomic mass is 19.1.